The summed E-state index contributed by atoms with van der Waals surface area (Å²) in [6, 6.07) is 7.10. The van der Waals surface area contributed by atoms with E-state index in [9.17, 15) is 27.2 Å². The summed E-state index contributed by atoms with van der Waals surface area (Å²) in [7, 11) is 0. The van der Waals surface area contributed by atoms with E-state index >= 15 is 0 Å². The van der Waals surface area contributed by atoms with Gasteiger partial charge in [0.05, 0.1) is 12.1 Å². The van der Waals surface area contributed by atoms with Crippen molar-refractivity contribution in [1.29, 1.82) is 0 Å². The van der Waals surface area contributed by atoms with Crippen LogP contribution in [0.25, 0.3) is 0 Å². The normalized spacial score (nSPS) is 11.9. The number of benzene rings is 1. The van der Waals surface area contributed by atoms with Crippen molar-refractivity contribution in [2.24, 2.45) is 5.10 Å². The third-order valence-corrected chi connectivity index (χ3v) is 3.06. The van der Waals surface area contributed by atoms with Gasteiger partial charge in [-0.3, -0.25) is 14.6 Å². The lowest BCUT2D eigenvalue weighted by Crippen LogP contribution is -2.27. The number of ketones is 1. The maximum absolute atomic E-state index is 13.0. The molecule has 0 radical (unpaired) electrons. The first-order valence-electron chi connectivity index (χ1n) is 6.90. The lowest BCUT2D eigenvalue weighted by Gasteiger charge is -2.09. The number of rotatable bonds is 5. The Morgan fingerprint density at radius 2 is 1.60 bits per heavy atom. The third kappa shape index (κ3) is 5.20. The van der Waals surface area contributed by atoms with Crippen molar-refractivity contribution in [3.8, 4) is 0 Å². The predicted molar refractivity (Wildman–Crippen MR) is 80.3 cm³/mol. The highest BCUT2D eigenvalue weighted by Crippen LogP contribution is 2.19. The molecule has 0 aliphatic heterocycles. The van der Waals surface area contributed by atoms with Gasteiger partial charge in [0.25, 0.3) is 5.91 Å². The van der Waals surface area contributed by atoms with Crippen molar-refractivity contribution in [3.05, 3.63) is 65.7 Å². The molecule has 0 saturated carbocycles. The number of alkyl halides is 3. The molecule has 0 atom stereocenters. The average Bonchev–Trinajstić information content (AvgIpc) is 2.59. The first-order valence-corrected chi connectivity index (χ1v) is 6.90. The molecule has 0 aliphatic rings. The van der Waals surface area contributed by atoms with Crippen molar-refractivity contribution in [2.45, 2.75) is 12.6 Å². The number of hydrazone groups is 1. The number of amides is 1. The highest BCUT2D eigenvalue weighted by Gasteiger charge is 2.38. The molecule has 1 N–H and O–H groups in total. The van der Waals surface area contributed by atoms with Gasteiger partial charge in [-0.2, -0.15) is 18.3 Å². The van der Waals surface area contributed by atoms with Gasteiger partial charge in [-0.05, 0) is 29.8 Å². The summed E-state index contributed by atoms with van der Waals surface area (Å²) in [6.07, 6.45) is -3.43. The minimum atomic E-state index is -5.05. The number of halogens is 4. The van der Waals surface area contributed by atoms with Gasteiger partial charge >= 0.3 is 6.18 Å². The number of Topliss-reactive ketones (excluding diaryl/α,β-unsaturated/α-hetero) is 1. The van der Waals surface area contributed by atoms with Crippen LogP contribution in [0, 0.1) is 5.82 Å². The van der Waals surface area contributed by atoms with Gasteiger partial charge in [-0.1, -0.05) is 12.1 Å². The Morgan fingerprint density at radius 3 is 2.16 bits per heavy atom. The van der Waals surface area contributed by atoms with E-state index in [2.05, 4.69) is 15.5 Å². The zero-order valence-electron chi connectivity index (χ0n) is 12.5. The maximum atomic E-state index is 13.0. The summed E-state index contributed by atoms with van der Waals surface area (Å²) >= 11 is 0. The summed E-state index contributed by atoms with van der Waals surface area (Å²) in [6.45, 7) is 0. The van der Waals surface area contributed by atoms with Crippen molar-refractivity contribution >= 4 is 17.4 Å². The number of hydrogen-bond donors (Lipinski definition) is 1. The third-order valence-electron chi connectivity index (χ3n) is 3.06. The van der Waals surface area contributed by atoms with Crippen molar-refractivity contribution in [1.82, 2.24) is 10.4 Å². The zero-order valence-corrected chi connectivity index (χ0v) is 12.5. The molecule has 0 saturated heterocycles. The number of nitrogens with one attached hydrogen (secondary N) is 1. The summed E-state index contributed by atoms with van der Waals surface area (Å²) in [5, 5.41) is 3.61. The first-order chi connectivity index (χ1) is 11.8. The monoisotopic (exact) mass is 353 g/mol. The quantitative estimate of drug-likeness (QED) is 0.510. The van der Waals surface area contributed by atoms with Crippen LogP contribution in [-0.4, -0.2) is 28.6 Å². The maximum Gasteiger partial charge on any atom is 0.450 e. The largest absolute Gasteiger partial charge is 0.450 e. The Kier molecular flexibility index (Phi) is 5.58. The van der Waals surface area contributed by atoms with Crippen LogP contribution in [0.4, 0.5) is 17.6 Å². The molecule has 1 heterocycles. The molecule has 130 valence electrons. The molecule has 9 heteroatoms. The van der Waals surface area contributed by atoms with E-state index in [1.807, 2.05) is 0 Å². The van der Waals surface area contributed by atoms with Crippen LogP contribution in [0.1, 0.15) is 22.3 Å². The van der Waals surface area contributed by atoms with Crippen LogP contribution < -0.4 is 5.43 Å². The van der Waals surface area contributed by atoms with Gasteiger partial charge in [-0.15, -0.1) is 0 Å². The van der Waals surface area contributed by atoms with Crippen LogP contribution in [0.3, 0.4) is 0 Å². The van der Waals surface area contributed by atoms with Crippen LogP contribution >= 0.6 is 0 Å². The van der Waals surface area contributed by atoms with Gasteiger partial charge in [0.2, 0.25) is 5.78 Å². The highest BCUT2D eigenvalue weighted by atomic mass is 19.4. The zero-order chi connectivity index (χ0) is 18.4. The molecule has 2 aromatic rings. The fourth-order valence-corrected chi connectivity index (χ4v) is 1.79. The SMILES string of the molecule is O=C(N/N=C(/CC(=O)C(F)(F)F)c1ccc(F)cc1)c1ccncc1. The Morgan fingerprint density at radius 1 is 1.00 bits per heavy atom. The first kappa shape index (κ1) is 18.2. The van der Waals surface area contributed by atoms with Crippen molar-refractivity contribution < 1.29 is 27.2 Å². The standard InChI is InChI=1S/C16H11F4N3O2/c17-12-3-1-10(2-4-12)13(9-14(24)16(18,19)20)22-23-15(25)11-5-7-21-8-6-11/h1-8H,9H2,(H,23,25)/b22-13-. The Balaban J connectivity index is 2.25. The number of carbonyl (C=O) groups excluding carboxylic acids is 2. The number of nitrogens with zero attached hydrogens (tertiary/aromatic N) is 2. The van der Waals surface area contributed by atoms with Gasteiger partial charge in [-0.25, -0.2) is 9.82 Å². The van der Waals surface area contributed by atoms with E-state index in [-0.39, 0.29) is 16.8 Å². The molecule has 1 amide bonds. The molecular weight excluding hydrogens is 342 g/mol. The lowest BCUT2D eigenvalue weighted by molar-refractivity contribution is -0.169. The summed E-state index contributed by atoms with van der Waals surface area (Å²) in [4.78, 5) is 26.9. The second kappa shape index (κ2) is 7.65. The van der Waals surface area contributed by atoms with E-state index in [1.165, 1.54) is 24.5 Å². The molecule has 0 fully saturated rings. The van der Waals surface area contributed by atoms with E-state index in [0.29, 0.717) is 0 Å². The molecule has 0 spiro atoms. The lowest BCUT2D eigenvalue weighted by atomic mass is 10.0. The Bertz CT molecular complexity index is 787. The van der Waals surface area contributed by atoms with Gasteiger partial charge in [0, 0.05) is 18.0 Å². The van der Waals surface area contributed by atoms with Gasteiger partial charge < -0.3 is 0 Å². The topological polar surface area (TPSA) is 71.4 Å². The van der Waals surface area contributed by atoms with Crippen molar-refractivity contribution in [2.75, 3.05) is 0 Å². The Labute approximate surface area is 139 Å². The van der Waals surface area contributed by atoms with E-state index in [1.54, 1.807) is 0 Å². The molecule has 25 heavy (non-hydrogen) atoms. The van der Waals surface area contributed by atoms with Crippen LogP contribution in [0.2, 0.25) is 0 Å². The van der Waals surface area contributed by atoms with E-state index < -0.39 is 30.1 Å². The molecular formula is C16H11F4N3O2. The summed E-state index contributed by atoms with van der Waals surface area (Å²) in [5.41, 5.74) is 1.99. The second-order valence-electron chi connectivity index (χ2n) is 4.84. The number of aromatic nitrogens is 1. The fourth-order valence-electron chi connectivity index (χ4n) is 1.79. The molecule has 1 aromatic carbocycles. The highest BCUT2D eigenvalue weighted by molar-refractivity contribution is 6.12. The van der Waals surface area contributed by atoms with Gasteiger partial charge in [0.1, 0.15) is 5.82 Å². The number of carbonyl (C=O) groups is 2. The van der Waals surface area contributed by atoms with Crippen LogP contribution in [-0.2, 0) is 4.79 Å². The summed E-state index contributed by atoms with van der Waals surface area (Å²) in [5.74, 6) is -3.33. The second-order valence-corrected chi connectivity index (χ2v) is 4.84. The minimum absolute atomic E-state index is 0.0778. The Hall–Kier alpha value is -3.10. The fraction of sp³-hybridized carbons (Fsp3) is 0.125. The molecule has 0 bridgehead atoms. The van der Waals surface area contributed by atoms with Crippen LogP contribution in [0.15, 0.2) is 53.9 Å². The van der Waals surface area contributed by atoms with Gasteiger partial charge in [0.15, 0.2) is 0 Å². The molecule has 0 unspecified atom stereocenters. The number of hydrogen-bond acceptors (Lipinski definition) is 4. The van der Waals surface area contributed by atoms with Crippen molar-refractivity contribution in [3.63, 3.8) is 0 Å². The minimum Gasteiger partial charge on any atom is -0.289 e. The number of pyridine rings is 1. The smallest absolute Gasteiger partial charge is 0.289 e. The summed E-state index contributed by atoms with van der Waals surface area (Å²) < 4.78 is 50.5. The predicted octanol–water partition coefficient (Wildman–Crippen LogP) is 2.88. The van der Waals surface area contributed by atoms with E-state index in [4.69, 9.17) is 0 Å². The molecule has 5 nitrogen and oxygen atoms in total. The average molecular weight is 353 g/mol. The van der Waals surface area contributed by atoms with Crippen LogP contribution in [0.5, 0.6) is 0 Å². The molecule has 2 rings (SSSR count). The molecule has 0 aliphatic carbocycles. The molecule has 1 aromatic heterocycles. The van der Waals surface area contributed by atoms with E-state index in [0.717, 1.165) is 24.3 Å².